The van der Waals surface area contributed by atoms with E-state index < -0.39 is 56.3 Å². The van der Waals surface area contributed by atoms with E-state index in [0.717, 1.165) is 0 Å². The number of fused-ring (bicyclic) bond motifs is 1. The van der Waals surface area contributed by atoms with Gasteiger partial charge in [0, 0.05) is 6.07 Å². The zero-order valence-corrected chi connectivity index (χ0v) is 26.1. The van der Waals surface area contributed by atoms with Crippen LogP contribution in [0.1, 0.15) is 33.9 Å². The second-order valence-electron chi connectivity index (χ2n) is 10.1. The van der Waals surface area contributed by atoms with Crippen molar-refractivity contribution in [3.05, 3.63) is 34.6 Å². The maximum Gasteiger partial charge on any atom is 0.459 e. The van der Waals surface area contributed by atoms with Crippen molar-refractivity contribution >= 4 is 54.0 Å². The molecular formula is C25H30Cl2N7O8P. The molecule has 3 aromatic rings. The third-order valence-electron chi connectivity index (χ3n) is 6.46. The summed E-state index contributed by atoms with van der Waals surface area (Å²) < 4.78 is 43.2. The molecule has 1 saturated heterocycles. The number of esters is 1. The first kappa shape index (κ1) is 32.7. The minimum Gasteiger partial charge on any atom is -0.479 e. The first-order chi connectivity index (χ1) is 20.2. The molecule has 4 N–H and O–H groups in total. The Morgan fingerprint density at radius 2 is 2.05 bits per heavy atom. The lowest BCUT2D eigenvalue weighted by atomic mass is 9.84. The Hall–Kier alpha value is -3.22. The van der Waals surface area contributed by atoms with Crippen LogP contribution in [-0.4, -0.2) is 68.7 Å². The van der Waals surface area contributed by atoms with Gasteiger partial charge in [-0.15, -0.1) is 0 Å². The Morgan fingerprint density at radius 1 is 1.33 bits per heavy atom. The lowest BCUT2D eigenvalue weighted by molar-refractivity contribution is -0.149. The number of hydrogen-bond acceptors (Lipinski definition) is 13. The number of nitrogen functional groups attached to an aromatic ring is 1. The molecule has 4 rings (SSSR count). The Kier molecular flexibility index (Phi) is 9.72. The normalized spacial score (nSPS) is 24.0. The summed E-state index contributed by atoms with van der Waals surface area (Å²) in [6.07, 6.45) is -2.90. The van der Waals surface area contributed by atoms with Gasteiger partial charge < -0.3 is 29.6 Å². The monoisotopic (exact) mass is 657 g/mol. The number of halogens is 2. The summed E-state index contributed by atoms with van der Waals surface area (Å²) in [5.41, 5.74) is 4.70. The molecule has 1 fully saturated rings. The number of ether oxygens (including phenoxy) is 3. The van der Waals surface area contributed by atoms with Gasteiger partial charge in [-0.2, -0.15) is 20.3 Å². The number of nitrogens with two attached hydrogens (primary N) is 1. The van der Waals surface area contributed by atoms with Crippen LogP contribution in [0, 0.1) is 16.7 Å². The van der Waals surface area contributed by atoms with Crippen molar-refractivity contribution in [2.24, 2.45) is 5.41 Å². The predicted octanol–water partition coefficient (Wildman–Crippen LogP) is 3.65. The summed E-state index contributed by atoms with van der Waals surface area (Å²) in [4.78, 5) is 24.9. The van der Waals surface area contributed by atoms with Gasteiger partial charge in [0.15, 0.2) is 17.4 Å². The molecule has 0 saturated carbocycles. The summed E-state index contributed by atoms with van der Waals surface area (Å²) >= 11 is 12.1. The number of imidazole rings is 1. The number of hydrogen-bond donors (Lipinski definition) is 3. The van der Waals surface area contributed by atoms with Crippen molar-refractivity contribution in [1.82, 2.24) is 24.6 Å². The van der Waals surface area contributed by atoms with Crippen LogP contribution in [0.4, 0.5) is 5.95 Å². The van der Waals surface area contributed by atoms with Gasteiger partial charge in [-0.05, 0) is 39.8 Å². The molecule has 0 spiro atoms. The van der Waals surface area contributed by atoms with Crippen LogP contribution in [0.15, 0.2) is 24.5 Å². The molecule has 43 heavy (non-hydrogen) atoms. The van der Waals surface area contributed by atoms with Crippen molar-refractivity contribution in [3.63, 3.8) is 0 Å². The fourth-order valence-electron chi connectivity index (χ4n) is 4.30. The van der Waals surface area contributed by atoms with Crippen molar-refractivity contribution in [1.29, 1.82) is 5.26 Å². The molecule has 1 aromatic carbocycles. The number of rotatable bonds is 11. The standard InChI is InChI=1S/C25H30Cl2N7O8P/c1-12(2)40-22(36)13(3)33-43(37,42-14-6-7-15(26)16(27)8-14)39-9-17-19(35)25(4,10-28)23(41-17)34-11-30-18-20(34)31-24(29)32-21(18)38-5/h6-8,11-13,17,19,23,35H,9H2,1-5H3,(H,33,37)(H2,29,31,32). The number of carbonyl (C=O) groups excluding carboxylic acids is 1. The van der Waals surface area contributed by atoms with Gasteiger partial charge in [-0.1, -0.05) is 23.2 Å². The molecule has 1 aliphatic rings. The smallest absolute Gasteiger partial charge is 0.459 e. The minimum absolute atomic E-state index is 0.0124. The predicted molar refractivity (Wildman–Crippen MR) is 154 cm³/mol. The van der Waals surface area contributed by atoms with E-state index in [1.165, 1.54) is 50.1 Å². The minimum atomic E-state index is -4.39. The average Bonchev–Trinajstić information content (AvgIpc) is 3.47. The van der Waals surface area contributed by atoms with Crippen LogP contribution in [-0.2, 0) is 23.4 Å². The molecule has 232 valence electrons. The molecular weight excluding hydrogens is 628 g/mol. The van der Waals surface area contributed by atoms with Gasteiger partial charge in [0.2, 0.25) is 11.8 Å². The van der Waals surface area contributed by atoms with E-state index in [0.29, 0.717) is 0 Å². The maximum absolute atomic E-state index is 14.0. The van der Waals surface area contributed by atoms with Crippen molar-refractivity contribution in [2.75, 3.05) is 19.5 Å². The molecule has 6 atom stereocenters. The molecule has 0 aliphatic carbocycles. The number of methoxy groups -OCH3 is 1. The first-order valence-corrected chi connectivity index (χ1v) is 15.2. The molecule has 0 radical (unpaired) electrons. The molecule has 2 aromatic heterocycles. The highest BCUT2D eigenvalue weighted by molar-refractivity contribution is 7.52. The molecule has 15 nitrogen and oxygen atoms in total. The van der Waals surface area contributed by atoms with Gasteiger partial charge >= 0.3 is 13.7 Å². The van der Waals surface area contributed by atoms with Gasteiger partial charge in [-0.3, -0.25) is 13.9 Å². The molecule has 3 heterocycles. The lowest BCUT2D eigenvalue weighted by Gasteiger charge is -2.26. The van der Waals surface area contributed by atoms with E-state index in [4.69, 9.17) is 52.2 Å². The second kappa shape index (κ2) is 12.8. The Morgan fingerprint density at radius 3 is 2.67 bits per heavy atom. The van der Waals surface area contributed by atoms with Crippen LogP contribution in [0.3, 0.4) is 0 Å². The Balaban J connectivity index is 1.62. The van der Waals surface area contributed by atoms with Crippen molar-refractivity contribution in [2.45, 2.75) is 58.3 Å². The van der Waals surface area contributed by atoms with Gasteiger partial charge in [0.1, 0.15) is 29.4 Å². The van der Waals surface area contributed by atoms with E-state index in [1.807, 2.05) is 0 Å². The number of nitrogens with one attached hydrogen (secondary N) is 1. The van der Waals surface area contributed by atoms with Crippen molar-refractivity contribution < 1.29 is 37.7 Å². The lowest BCUT2D eigenvalue weighted by Crippen LogP contribution is -2.39. The first-order valence-electron chi connectivity index (χ1n) is 12.9. The van der Waals surface area contributed by atoms with Gasteiger partial charge in [0.05, 0.1) is 42.3 Å². The summed E-state index contributed by atoms with van der Waals surface area (Å²) in [5, 5.41) is 24.2. The largest absolute Gasteiger partial charge is 0.479 e. The maximum atomic E-state index is 14.0. The molecule has 1 aliphatic heterocycles. The molecule has 6 unspecified atom stereocenters. The topological polar surface area (TPSA) is 206 Å². The summed E-state index contributed by atoms with van der Waals surface area (Å²) in [7, 11) is -3.01. The van der Waals surface area contributed by atoms with Gasteiger partial charge in [0.25, 0.3) is 0 Å². The fourth-order valence-corrected chi connectivity index (χ4v) is 6.08. The SMILES string of the molecule is COc1nc(N)nc2c1ncn2C1OC(COP(=O)(NC(C)C(=O)OC(C)C)Oc2ccc(Cl)c(Cl)c2)C(O)C1(C)C#N. The van der Waals surface area contributed by atoms with E-state index in [2.05, 4.69) is 26.1 Å². The fraction of sp³-hybridized carbons (Fsp3) is 0.480. The number of aromatic nitrogens is 4. The third kappa shape index (κ3) is 6.81. The number of carbonyl (C=O) groups is 1. The Labute approximate surface area is 256 Å². The molecule has 0 amide bonds. The number of aliphatic hydroxyl groups excluding tert-OH is 1. The van der Waals surface area contributed by atoms with E-state index in [1.54, 1.807) is 13.8 Å². The van der Waals surface area contributed by atoms with Crippen molar-refractivity contribution in [3.8, 4) is 17.7 Å². The van der Waals surface area contributed by atoms with Crippen LogP contribution in [0.2, 0.25) is 10.0 Å². The van der Waals surface area contributed by atoms with E-state index >= 15 is 0 Å². The number of nitrogens with zero attached hydrogens (tertiary/aromatic N) is 5. The van der Waals surface area contributed by atoms with Gasteiger partial charge in [-0.25, -0.2) is 9.55 Å². The molecule has 18 heteroatoms. The van der Waals surface area contributed by atoms with Crippen LogP contribution in [0.25, 0.3) is 11.2 Å². The summed E-state index contributed by atoms with van der Waals surface area (Å²) in [6, 6.07) is 5.09. The number of aliphatic hydroxyl groups is 1. The molecule has 0 bridgehead atoms. The highest BCUT2D eigenvalue weighted by Gasteiger charge is 2.56. The highest BCUT2D eigenvalue weighted by Crippen LogP contribution is 2.50. The van der Waals surface area contributed by atoms with E-state index in [9.17, 15) is 19.7 Å². The quantitative estimate of drug-likeness (QED) is 0.199. The highest BCUT2D eigenvalue weighted by atomic mass is 35.5. The number of nitriles is 1. The van der Waals surface area contributed by atoms with Crippen LogP contribution >= 0.6 is 30.9 Å². The summed E-state index contributed by atoms with van der Waals surface area (Å²) in [5.74, 6) is -0.706. The third-order valence-corrected chi connectivity index (χ3v) is 8.84. The zero-order valence-electron chi connectivity index (χ0n) is 23.7. The zero-order chi connectivity index (χ0) is 31.7. The Bertz CT molecular complexity index is 1600. The van der Waals surface area contributed by atoms with E-state index in [-0.39, 0.29) is 38.8 Å². The van der Waals surface area contributed by atoms with Crippen LogP contribution < -0.4 is 20.1 Å². The average molecular weight is 658 g/mol. The van der Waals surface area contributed by atoms with Crippen LogP contribution in [0.5, 0.6) is 11.6 Å². The number of benzene rings is 1. The number of anilines is 1. The summed E-state index contributed by atoms with van der Waals surface area (Å²) in [6.45, 7) is 5.67. The second-order valence-corrected chi connectivity index (χ2v) is 12.6.